The second kappa shape index (κ2) is 8.28. The molecule has 24 heavy (non-hydrogen) atoms. The van der Waals surface area contributed by atoms with Gasteiger partial charge in [-0.05, 0) is 28.1 Å². The molecule has 6 nitrogen and oxygen atoms in total. The predicted molar refractivity (Wildman–Crippen MR) is 95.6 cm³/mol. The van der Waals surface area contributed by atoms with Crippen molar-refractivity contribution in [3.8, 4) is 0 Å². The summed E-state index contributed by atoms with van der Waals surface area (Å²) < 4.78 is 0.822. The van der Waals surface area contributed by atoms with Crippen LogP contribution in [0.4, 0.5) is 5.69 Å². The Labute approximate surface area is 150 Å². The van der Waals surface area contributed by atoms with Crippen molar-refractivity contribution in [3.05, 3.63) is 28.7 Å². The van der Waals surface area contributed by atoms with Crippen molar-refractivity contribution in [2.24, 2.45) is 0 Å². The quantitative estimate of drug-likeness (QED) is 0.781. The first-order valence-corrected chi connectivity index (χ1v) is 8.75. The Morgan fingerprint density at radius 1 is 1.04 bits per heavy atom. The van der Waals surface area contributed by atoms with E-state index in [0.29, 0.717) is 32.7 Å². The van der Waals surface area contributed by atoms with Crippen LogP contribution < -0.4 is 4.90 Å². The minimum atomic E-state index is -0.101. The highest BCUT2D eigenvalue weighted by Crippen LogP contribution is 2.26. The lowest BCUT2D eigenvalue weighted by molar-refractivity contribution is -0.138. The van der Waals surface area contributed by atoms with Gasteiger partial charge in [-0.1, -0.05) is 12.1 Å². The minimum absolute atomic E-state index is 0.0107. The predicted octanol–water partition coefficient (Wildman–Crippen LogP) is 1.88. The maximum absolute atomic E-state index is 12.4. The molecule has 0 radical (unpaired) electrons. The molecular weight excluding hydrogens is 374 g/mol. The molecule has 0 aliphatic carbocycles. The summed E-state index contributed by atoms with van der Waals surface area (Å²) in [6, 6.07) is 7.46. The first-order valence-electron chi connectivity index (χ1n) is 7.96. The standard InChI is InChI=1S/C17H22BrN3O3/c1-13(22)19-9-11-20(12-10-19)17(24)7-8-21(14(2)23)16-6-4-3-5-15(16)18/h3-6H,7-12H2,1-2H3. The highest BCUT2D eigenvalue weighted by atomic mass is 79.9. The molecule has 1 fully saturated rings. The molecule has 1 heterocycles. The van der Waals surface area contributed by atoms with Gasteiger partial charge in [0.1, 0.15) is 0 Å². The normalized spacial score (nSPS) is 14.5. The fourth-order valence-electron chi connectivity index (χ4n) is 2.75. The topological polar surface area (TPSA) is 60.9 Å². The van der Waals surface area contributed by atoms with Gasteiger partial charge in [0.2, 0.25) is 17.7 Å². The van der Waals surface area contributed by atoms with Gasteiger partial charge < -0.3 is 14.7 Å². The molecule has 1 aliphatic rings. The average molecular weight is 396 g/mol. The van der Waals surface area contributed by atoms with Gasteiger partial charge >= 0.3 is 0 Å². The first kappa shape index (κ1) is 18.4. The number of piperazine rings is 1. The number of carbonyl (C=O) groups is 3. The SMILES string of the molecule is CC(=O)N1CCN(C(=O)CCN(C(C)=O)c2ccccc2Br)CC1. The van der Waals surface area contributed by atoms with Gasteiger partial charge in [-0.25, -0.2) is 0 Å². The lowest BCUT2D eigenvalue weighted by Crippen LogP contribution is -2.50. The van der Waals surface area contributed by atoms with Gasteiger partial charge in [0.25, 0.3) is 0 Å². The van der Waals surface area contributed by atoms with Crippen LogP contribution in [0, 0.1) is 0 Å². The van der Waals surface area contributed by atoms with Gasteiger partial charge in [0.15, 0.2) is 0 Å². The highest BCUT2D eigenvalue weighted by Gasteiger charge is 2.23. The molecule has 0 bridgehead atoms. The molecule has 2 rings (SSSR count). The molecule has 1 aliphatic heterocycles. The van der Waals surface area contributed by atoms with Gasteiger partial charge in [-0.2, -0.15) is 0 Å². The molecule has 1 aromatic carbocycles. The van der Waals surface area contributed by atoms with Crippen LogP contribution in [0.3, 0.4) is 0 Å². The van der Waals surface area contributed by atoms with E-state index in [2.05, 4.69) is 15.9 Å². The summed E-state index contributed by atoms with van der Waals surface area (Å²) in [6.07, 6.45) is 0.265. The molecule has 0 unspecified atom stereocenters. The lowest BCUT2D eigenvalue weighted by Gasteiger charge is -2.34. The number of anilines is 1. The van der Waals surface area contributed by atoms with E-state index in [4.69, 9.17) is 0 Å². The molecular formula is C17H22BrN3O3. The lowest BCUT2D eigenvalue weighted by atomic mass is 10.2. The van der Waals surface area contributed by atoms with E-state index in [1.165, 1.54) is 6.92 Å². The summed E-state index contributed by atoms with van der Waals surface area (Å²) in [5.41, 5.74) is 0.763. The number of halogens is 1. The van der Waals surface area contributed by atoms with E-state index >= 15 is 0 Å². The molecule has 7 heteroatoms. The second-order valence-electron chi connectivity index (χ2n) is 5.76. The third-order valence-electron chi connectivity index (χ3n) is 4.15. The Morgan fingerprint density at radius 2 is 1.62 bits per heavy atom. The van der Waals surface area contributed by atoms with Gasteiger partial charge in [-0.15, -0.1) is 0 Å². The molecule has 0 spiro atoms. The van der Waals surface area contributed by atoms with E-state index in [1.54, 1.807) is 21.6 Å². The summed E-state index contributed by atoms with van der Waals surface area (Å²) in [6.45, 7) is 5.61. The van der Waals surface area contributed by atoms with E-state index in [0.717, 1.165) is 10.2 Å². The van der Waals surface area contributed by atoms with Crippen molar-refractivity contribution in [1.29, 1.82) is 0 Å². The Bertz CT molecular complexity index is 627. The first-order chi connectivity index (χ1) is 11.4. The Morgan fingerprint density at radius 3 is 2.17 bits per heavy atom. The van der Waals surface area contributed by atoms with Crippen LogP contribution in [-0.4, -0.2) is 60.2 Å². The number of carbonyl (C=O) groups excluding carboxylic acids is 3. The van der Waals surface area contributed by atoms with Gasteiger partial charge in [-0.3, -0.25) is 14.4 Å². The van der Waals surface area contributed by atoms with Crippen LogP contribution in [0.5, 0.6) is 0 Å². The Hall–Kier alpha value is -1.89. The van der Waals surface area contributed by atoms with Crippen LogP contribution in [0.2, 0.25) is 0 Å². The average Bonchev–Trinajstić information content (AvgIpc) is 2.56. The molecule has 130 valence electrons. The van der Waals surface area contributed by atoms with Crippen molar-refractivity contribution >= 4 is 39.3 Å². The second-order valence-corrected chi connectivity index (χ2v) is 6.61. The fraction of sp³-hybridized carbons (Fsp3) is 0.471. The molecule has 1 saturated heterocycles. The number of hydrogen-bond donors (Lipinski definition) is 0. The molecule has 0 N–H and O–H groups in total. The monoisotopic (exact) mass is 395 g/mol. The Balaban J connectivity index is 1.93. The van der Waals surface area contributed by atoms with Crippen molar-refractivity contribution in [2.75, 3.05) is 37.6 Å². The minimum Gasteiger partial charge on any atom is -0.339 e. The molecule has 1 aromatic rings. The zero-order valence-corrected chi connectivity index (χ0v) is 15.6. The van der Waals surface area contributed by atoms with Crippen LogP contribution in [-0.2, 0) is 14.4 Å². The highest BCUT2D eigenvalue weighted by molar-refractivity contribution is 9.10. The number of benzene rings is 1. The summed E-state index contributed by atoms with van der Waals surface area (Å²) in [4.78, 5) is 40.8. The van der Waals surface area contributed by atoms with Crippen molar-refractivity contribution in [1.82, 2.24) is 9.80 Å². The molecule has 0 aromatic heterocycles. The summed E-state index contributed by atoms with van der Waals surface area (Å²) >= 11 is 3.44. The largest absolute Gasteiger partial charge is 0.339 e. The smallest absolute Gasteiger partial charge is 0.224 e. The van der Waals surface area contributed by atoms with Crippen molar-refractivity contribution in [2.45, 2.75) is 20.3 Å². The zero-order chi connectivity index (χ0) is 17.7. The van der Waals surface area contributed by atoms with E-state index < -0.39 is 0 Å². The van der Waals surface area contributed by atoms with Crippen molar-refractivity contribution < 1.29 is 14.4 Å². The van der Waals surface area contributed by atoms with Crippen LogP contribution in [0.1, 0.15) is 20.3 Å². The number of para-hydroxylation sites is 1. The maximum atomic E-state index is 12.4. The van der Waals surface area contributed by atoms with Crippen LogP contribution >= 0.6 is 15.9 Å². The third kappa shape index (κ3) is 4.56. The van der Waals surface area contributed by atoms with E-state index in [9.17, 15) is 14.4 Å². The Kier molecular flexibility index (Phi) is 6.36. The maximum Gasteiger partial charge on any atom is 0.224 e. The zero-order valence-electron chi connectivity index (χ0n) is 14.0. The van der Waals surface area contributed by atoms with Crippen LogP contribution in [0.25, 0.3) is 0 Å². The number of rotatable bonds is 4. The molecule has 0 atom stereocenters. The number of hydrogen-bond acceptors (Lipinski definition) is 3. The molecule has 3 amide bonds. The summed E-state index contributed by atoms with van der Waals surface area (Å²) in [5, 5.41) is 0. The molecule has 0 saturated carbocycles. The van der Waals surface area contributed by atoms with Crippen LogP contribution in [0.15, 0.2) is 28.7 Å². The van der Waals surface area contributed by atoms with Gasteiger partial charge in [0.05, 0.1) is 5.69 Å². The van der Waals surface area contributed by atoms with E-state index in [1.807, 2.05) is 24.3 Å². The summed E-state index contributed by atoms with van der Waals surface area (Å²) in [7, 11) is 0. The summed E-state index contributed by atoms with van der Waals surface area (Å²) in [5.74, 6) is -0.0496. The van der Waals surface area contributed by atoms with E-state index in [-0.39, 0.29) is 24.1 Å². The van der Waals surface area contributed by atoms with Crippen molar-refractivity contribution in [3.63, 3.8) is 0 Å². The third-order valence-corrected chi connectivity index (χ3v) is 4.82. The number of amides is 3. The number of nitrogens with zero attached hydrogens (tertiary/aromatic N) is 3. The van der Waals surface area contributed by atoms with Gasteiger partial charge in [0, 0.05) is 57.5 Å². The fourth-order valence-corrected chi connectivity index (χ4v) is 3.25.